The van der Waals surface area contributed by atoms with Crippen LogP contribution >= 0.6 is 0 Å². The Labute approximate surface area is 273 Å². The Bertz CT molecular complexity index is 1490. The summed E-state index contributed by atoms with van der Waals surface area (Å²) in [5.41, 5.74) is 1.66. The van der Waals surface area contributed by atoms with E-state index in [2.05, 4.69) is 30.9 Å². The fourth-order valence-corrected chi connectivity index (χ4v) is 5.27. The standard InChI is InChI=1S/C34H41N7O6/c1-4-25(20-42)38-33(45)29-16-26(47-21-23-9-6-5-7-10-23)19-41(29)34(46)30(22(2)3)40-31(43)27(15-24-11-8-12-35-17-24)39-32(44)28-18-36-13-14-37-28/h5-14,17-18,20,22,25-27,29-30H,4,15-16,19,21H2,1-3H3,(H,38,45)(H,39,44)(H,40,43)/t25-,26+,27-,29-,30-/m0/s1. The number of rotatable bonds is 15. The van der Waals surface area contributed by atoms with Crippen LogP contribution in [0.1, 0.15) is 55.2 Å². The fraction of sp³-hybridized carbons (Fsp3) is 0.412. The summed E-state index contributed by atoms with van der Waals surface area (Å²) in [6, 6.07) is 9.31. The maximum atomic E-state index is 14.2. The van der Waals surface area contributed by atoms with Crippen LogP contribution in [0.25, 0.3) is 0 Å². The first-order valence-corrected chi connectivity index (χ1v) is 15.7. The van der Waals surface area contributed by atoms with Gasteiger partial charge >= 0.3 is 0 Å². The number of nitrogens with zero attached hydrogens (tertiary/aromatic N) is 4. The maximum absolute atomic E-state index is 14.2. The zero-order valence-electron chi connectivity index (χ0n) is 26.7. The Morgan fingerprint density at radius 3 is 2.34 bits per heavy atom. The molecule has 0 radical (unpaired) electrons. The van der Waals surface area contributed by atoms with E-state index in [4.69, 9.17) is 4.74 Å². The predicted molar refractivity (Wildman–Crippen MR) is 171 cm³/mol. The lowest BCUT2D eigenvalue weighted by molar-refractivity contribution is -0.143. The Kier molecular flexibility index (Phi) is 12.6. The van der Waals surface area contributed by atoms with Crippen molar-refractivity contribution < 1.29 is 28.7 Å². The smallest absolute Gasteiger partial charge is 0.272 e. The summed E-state index contributed by atoms with van der Waals surface area (Å²) < 4.78 is 6.12. The molecule has 0 spiro atoms. The molecule has 3 N–H and O–H groups in total. The number of carbonyl (C=O) groups is 5. The molecule has 2 aromatic heterocycles. The second-order valence-electron chi connectivity index (χ2n) is 11.7. The van der Waals surface area contributed by atoms with Crippen molar-refractivity contribution in [3.8, 4) is 0 Å². The van der Waals surface area contributed by atoms with Crippen LogP contribution < -0.4 is 16.0 Å². The molecule has 0 aliphatic carbocycles. The van der Waals surface area contributed by atoms with E-state index >= 15 is 0 Å². The molecule has 4 amide bonds. The minimum atomic E-state index is -1.08. The summed E-state index contributed by atoms with van der Waals surface area (Å²) >= 11 is 0. The Morgan fingerprint density at radius 1 is 0.957 bits per heavy atom. The van der Waals surface area contributed by atoms with E-state index in [0.717, 1.165) is 5.56 Å². The molecule has 1 aliphatic rings. The van der Waals surface area contributed by atoms with Crippen molar-refractivity contribution in [3.05, 3.63) is 90.3 Å². The predicted octanol–water partition coefficient (Wildman–Crippen LogP) is 1.63. The van der Waals surface area contributed by atoms with E-state index in [-0.39, 0.29) is 31.0 Å². The number of likely N-dealkylation sites (tertiary alicyclic amines) is 1. The van der Waals surface area contributed by atoms with Gasteiger partial charge in [0.15, 0.2) is 0 Å². The zero-order chi connectivity index (χ0) is 33.8. The van der Waals surface area contributed by atoms with Crippen LogP contribution in [0.3, 0.4) is 0 Å². The molecule has 0 unspecified atom stereocenters. The molecule has 1 aliphatic heterocycles. The largest absolute Gasteiger partial charge is 0.372 e. The Morgan fingerprint density at radius 2 is 1.70 bits per heavy atom. The highest BCUT2D eigenvalue weighted by Gasteiger charge is 2.44. The maximum Gasteiger partial charge on any atom is 0.272 e. The molecule has 13 nitrogen and oxygen atoms in total. The number of nitrogens with one attached hydrogen (secondary N) is 3. The average molecular weight is 644 g/mol. The van der Waals surface area contributed by atoms with Crippen LogP contribution in [-0.4, -0.2) is 86.6 Å². The van der Waals surface area contributed by atoms with Crippen molar-refractivity contribution in [3.63, 3.8) is 0 Å². The molecule has 5 atom stereocenters. The van der Waals surface area contributed by atoms with Gasteiger partial charge in [-0.1, -0.05) is 57.2 Å². The molecule has 3 heterocycles. The molecule has 0 bridgehead atoms. The van der Waals surface area contributed by atoms with Crippen LogP contribution in [0.5, 0.6) is 0 Å². The lowest BCUT2D eigenvalue weighted by atomic mass is 10.00. The van der Waals surface area contributed by atoms with Crippen molar-refractivity contribution >= 4 is 29.9 Å². The summed E-state index contributed by atoms with van der Waals surface area (Å²) in [6.07, 6.45) is 8.19. The summed E-state index contributed by atoms with van der Waals surface area (Å²) in [6.45, 7) is 5.75. The normalized spacial score (nSPS) is 17.7. The van der Waals surface area contributed by atoms with Gasteiger partial charge in [-0.15, -0.1) is 0 Å². The van der Waals surface area contributed by atoms with Crippen LogP contribution in [0.15, 0.2) is 73.4 Å². The molecule has 4 rings (SSSR count). The first-order chi connectivity index (χ1) is 22.7. The van der Waals surface area contributed by atoms with Gasteiger partial charge in [0.25, 0.3) is 5.91 Å². The highest BCUT2D eigenvalue weighted by Crippen LogP contribution is 2.24. The van der Waals surface area contributed by atoms with E-state index in [1.54, 1.807) is 45.3 Å². The lowest BCUT2D eigenvalue weighted by Gasteiger charge is -2.31. The number of benzene rings is 1. The lowest BCUT2D eigenvalue weighted by Crippen LogP contribution is -2.59. The van der Waals surface area contributed by atoms with Gasteiger partial charge in [0.1, 0.15) is 30.1 Å². The van der Waals surface area contributed by atoms with Gasteiger partial charge in [-0.3, -0.25) is 29.1 Å². The second kappa shape index (κ2) is 17.0. The number of carbonyl (C=O) groups excluding carboxylic acids is 5. The van der Waals surface area contributed by atoms with E-state index < -0.39 is 53.9 Å². The molecule has 0 saturated carbocycles. The third-order valence-corrected chi connectivity index (χ3v) is 7.92. The number of hydrogen-bond acceptors (Lipinski definition) is 9. The SMILES string of the molecule is CC[C@@H](C=O)NC(=O)[C@@H]1C[C@@H](OCc2ccccc2)CN1C(=O)[C@@H](NC(=O)[C@H](Cc1cccnc1)NC(=O)c1cnccn1)C(C)C. The van der Waals surface area contributed by atoms with E-state index in [1.165, 1.54) is 23.5 Å². The number of aromatic nitrogens is 3. The van der Waals surface area contributed by atoms with E-state index in [1.807, 2.05) is 30.3 Å². The molecule has 47 heavy (non-hydrogen) atoms. The molecule has 248 valence electrons. The highest BCUT2D eigenvalue weighted by atomic mass is 16.5. The summed E-state index contributed by atoms with van der Waals surface area (Å²) in [5.74, 6) is -2.53. The second-order valence-corrected chi connectivity index (χ2v) is 11.7. The molecule has 1 aromatic carbocycles. The van der Waals surface area contributed by atoms with Crippen LogP contribution in [0.2, 0.25) is 0 Å². The third-order valence-electron chi connectivity index (χ3n) is 7.92. The van der Waals surface area contributed by atoms with Crippen molar-refractivity contribution in [2.75, 3.05) is 6.54 Å². The van der Waals surface area contributed by atoms with Gasteiger partial charge in [-0.25, -0.2) is 4.98 Å². The van der Waals surface area contributed by atoms with E-state index in [0.29, 0.717) is 24.9 Å². The van der Waals surface area contributed by atoms with Crippen molar-refractivity contribution in [2.45, 2.75) is 76.9 Å². The first kappa shape index (κ1) is 34.8. The molecule has 1 saturated heterocycles. The summed E-state index contributed by atoms with van der Waals surface area (Å²) in [5, 5.41) is 8.27. The van der Waals surface area contributed by atoms with Crippen molar-refractivity contribution in [1.29, 1.82) is 0 Å². The molecule has 13 heteroatoms. The molecular formula is C34H41N7O6. The zero-order valence-corrected chi connectivity index (χ0v) is 26.7. The van der Waals surface area contributed by atoms with E-state index in [9.17, 15) is 24.0 Å². The third kappa shape index (κ3) is 9.72. The van der Waals surface area contributed by atoms with Crippen LogP contribution in [0.4, 0.5) is 0 Å². The number of pyridine rings is 1. The van der Waals surface area contributed by atoms with Gasteiger partial charge in [-0.05, 0) is 29.5 Å². The Balaban J connectivity index is 1.54. The van der Waals surface area contributed by atoms with Gasteiger partial charge in [0.05, 0.1) is 24.9 Å². The monoisotopic (exact) mass is 643 g/mol. The van der Waals surface area contributed by atoms with Crippen molar-refractivity contribution in [2.24, 2.45) is 5.92 Å². The van der Waals surface area contributed by atoms with Gasteiger partial charge in [-0.2, -0.15) is 0 Å². The highest BCUT2D eigenvalue weighted by molar-refractivity contribution is 5.98. The van der Waals surface area contributed by atoms with Crippen LogP contribution in [-0.2, 0) is 36.9 Å². The number of aldehydes is 1. The number of hydrogen-bond donors (Lipinski definition) is 3. The Hall–Kier alpha value is -5.04. The number of amides is 4. The molecule has 1 fully saturated rings. The number of ether oxygens (including phenoxy) is 1. The van der Waals surface area contributed by atoms with Gasteiger partial charge < -0.3 is 30.4 Å². The quantitative estimate of drug-likeness (QED) is 0.208. The molecule has 3 aromatic rings. The van der Waals surface area contributed by atoms with Gasteiger partial charge in [0, 0.05) is 44.2 Å². The fourth-order valence-electron chi connectivity index (χ4n) is 5.27. The topological polar surface area (TPSA) is 173 Å². The van der Waals surface area contributed by atoms with Crippen LogP contribution in [0, 0.1) is 5.92 Å². The minimum absolute atomic E-state index is 0.0288. The minimum Gasteiger partial charge on any atom is -0.372 e. The first-order valence-electron chi connectivity index (χ1n) is 15.7. The van der Waals surface area contributed by atoms with Crippen molar-refractivity contribution in [1.82, 2.24) is 35.8 Å². The summed E-state index contributed by atoms with van der Waals surface area (Å²) in [7, 11) is 0. The van der Waals surface area contributed by atoms with Gasteiger partial charge in [0.2, 0.25) is 17.7 Å². The molecular weight excluding hydrogens is 602 g/mol. The summed E-state index contributed by atoms with van der Waals surface area (Å²) in [4.78, 5) is 79.4. The average Bonchev–Trinajstić information content (AvgIpc) is 3.53.